The molecule has 4 nitrogen and oxygen atoms in total. The predicted octanol–water partition coefficient (Wildman–Crippen LogP) is 1.47. The highest BCUT2D eigenvalue weighted by molar-refractivity contribution is 6.30. The molecule has 4 N–H and O–H groups in total. The fraction of sp³-hybridized carbons (Fsp3) is 0.300. The molecule has 1 unspecified atom stereocenters. The van der Waals surface area contributed by atoms with Crippen molar-refractivity contribution in [3.8, 4) is 0 Å². The second-order valence-corrected chi connectivity index (χ2v) is 3.67. The summed E-state index contributed by atoms with van der Waals surface area (Å²) < 4.78 is 0. The minimum absolute atomic E-state index is 0.0291. The fourth-order valence-corrected chi connectivity index (χ4v) is 1.33. The van der Waals surface area contributed by atoms with E-state index in [1.54, 1.807) is 12.1 Å². The molecule has 0 aliphatic carbocycles. The Morgan fingerprint density at radius 2 is 2.33 bits per heavy atom. The van der Waals surface area contributed by atoms with Crippen molar-refractivity contribution in [1.29, 1.82) is 0 Å². The van der Waals surface area contributed by atoms with Crippen LogP contribution in [0.4, 0.5) is 5.69 Å². The smallest absolute Gasteiger partial charge is 0.327 e. The van der Waals surface area contributed by atoms with Gasteiger partial charge < -0.3 is 16.2 Å². The van der Waals surface area contributed by atoms with Gasteiger partial charge in [-0.3, -0.25) is 0 Å². The summed E-state index contributed by atoms with van der Waals surface area (Å²) in [6.45, 7) is 1.90. The molecule has 1 aromatic rings. The molecule has 0 radical (unpaired) electrons. The van der Waals surface area contributed by atoms with Crippen molar-refractivity contribution < 1.29 is 9.90 Å². The lowest BCUT2D eigenvalue weighted by molar-refractivity contribution is -0.137. The predicted molar refractivity (Wildman–Crippen MR) is 60.3 cm³/mol. The molecule has 0 aliphatic rings. The van der Waals surface area contributed by atoms with Crippen LogP contribution in [0.1, 0.15) is 5.56 Å². The van der Waals surface area contributed by atoms with Crippen LogP contribution in [-0.2, 0) is 4.79 Å². The SMILES string of the molecule is Cc1ccc(Cl)cc1NC(CN)C(=O)O. The van der Waals surface area contributed by atoms with Crippen molar-refractivity contribution in [3.63, 3.8) is 0 Å². The highest BCUT2D eigenvalue weighted by atomic mass is 35.5. The van der Waals surface area contributed by atoms with Crippen LogP contribution >= 0.6 is 11.6 Å². The number of carbonyl (C=O) groups is 1. The van der Waals surface area contributed by atoms with Crippen molar-refractivity contribution in [3.05, 3.63) is 28.8 Å². The molecule has 1 rings (SSSR count). The normalized spacial score (nSPS) is 12.2. The molecular weight excluding hydrogens is 216 g/mol. The number of aliphatic carboxylic acids is 1. The second-order valence-electron chi connectivity index (χ2n) is 3.23. The van der Waals surface area contributed by atoms with Crippen LogP contribution in [0.5, 0.6) is 0 Å². The van der Waals surface area contributed by atoms with Crippen molar-refractivity contribution in [2.24, 2.45) is 5.73 Å². The van der Waals surface area contributed by atoms with Gasteiger partial charge in [-0.05, 0) is 24.6 Å². The van der Waals surface area contributed by atoms with Gasteiger partial charge in [0.05, 0.1) is 0 Å². The molecule has 0 amide bonds. The maximum Gasteiger partial charge on any atom is 0.327 e. The third kappa shape index (κ3) is 3.11. The molecule has 0 fully saturated rings. The third-order valence-corrected chi connectivity index (χ3v) is 2.30. The number of nitrogens with one attached hydrogen (secondary N) is 1. The average molecular weight is 229 g/mol. The first-order chi connectivity index (χ1) is 7.04. The zero-order valence-corrected chi connectivity index (χ0v) is 9.08. The largest absolute Gasteiger partial charge is 0.480 e. The van der Waals surface area contributed by atoms with E-state index in [-0.39, 0.29) is 6.54 Å². The zero-order chi connectivity index (χ0) is 11.4. The number of hydrogen-bond donors (Lipinski definition) is 3. The van der Waals surface area contributed by atoms with E-state index in [0.717, 1.165) is 5.56 Å². The van der Waals surface area contributed by atoms with Crippen LogP contribution in [0, 0.1) is 6.92 Å². The van der Waals surface area contributed by atoms with E-state index in [4.69, 9.17) is 22.4 Å². The van der Waals surface area contributed by atoms with E-state index in [1.165, 1.54) is 0 Å². The van der Waals surface area contributed by atoms with Gasteiger partial charge in [-0.2, -0.15) is 0 Å². The summed E-state index contributed by atoms with van der Waals surface area (Å²) in [4.78, 5) is 10.8. The molecule has 0 heterocycles. The Bertz CT molecular complexity index is 368. The fourth-order valence-electron chi connectivity index (χ4n) is 1.16. The average Bonchev–Trinajstić information content (AvgIpc) is 2.18. The van der Waals surface area contributed by atoms with Gasteiger partial charge in [-0.1, -0.05) is 17.7 Å². The molecule has 82 valence electrons. The summed E-state index contributed by atoms with van der Waals surface area (Å²) in [6, 6.07) is 4.46. The molecule has 0 spiro atoms. The molecule has 1 aromatic carbocycles. The van der Waals surface area contributed by atoms with Crippen LogP contribution in [0.25, 0.3) is 0 Å². The first-order valence-corrected chi connectivity index (χ1v) is 4.88. The number of halogens is 1. The lowest BCUT2D eigenvalue weighted by Crippen LogP contribution is -2.36. The molecule has 0 aromatic heterocycles. The Balaban J connectivity index is 2.87. The topological polar surface area (TPSA) is 75.3 Å². The summed E-state index contributed by atoms with van der Waals surface area (Å²) in [5.74, 6) is -0.975. The quantitative estimate of drug-likeness (QED) is 0.730. The van der Waals surface area contributed by atoms with Gasteiger partial charge in [0.15, 0.2) is 0 Å². The lowest BCUT2D eigenvalue weighted by atomic mass is 10.2. The van der Waals surface area contributed by atoms with Crippen molar-refractivity contribution >= 4 is 23.3 Å². The van der Waals surface area contributed by atoms with Crippen molar-refractivity contribution in [1.82, 2.24) is 0 Å². The van der Waals surface area contributed by atoms with Crippen LogP contribution in [-0.4, -0.2) is 23.7 Å². The monoisotopic (exact) mass is 228 g/mol. The summed E-state index contributed by atoms with van der Waals surface area (Å²) in [6.07, 6.45) is 0. The number of nitrogens with two attached hydrogens (primary N) is 1. The third-order valence-electron chi connectivity index (χ3n) is 2.06. The molecule has 5 heteroatoms. The van der Waals surface area contributed by atoms with Crippen LogP contribution in [0.2, 0.25) is 5.02 Å². The van der Waals surface area contributed by atoms with Gasteiger partial charge in [0.25, 0.3) is 0 Å². The first-order valence-electron chi connectivity index (χ1n) is 4.50. The molecular formula is C10H13ClN2O2. The Kier molecular flexibility index (Phi) is 3.94. The van der Waals surface area contributed by atoms with Crippen LogP contribution in [0.15, 0.2) is 18.2 Å². The summed E-state index contributed by atoms with van der Waals surface area (Å²) >= 11 is 5.80. The van der Waals surface area contributed by atoms with Crippen molar-refractivity contribution in [2.75, 3.05) is 11.9 Å². The minimum Gasteiger partial charge on any atom is -0.480 e. The maximum atomic E-state index is 10.8. The highest BCUT2D eigenvalue weighted by Gasteiger charge is 2.15. The summed E-state index contributed by atoms with van der Waals surface area (Å²) in [5.41, 5.74) is 6.96. The van der Waals surface area contributed by atoms with Crippen LogP contribution < -0.4 is 11.1 Å². The molecule has 0 saturated carbocycles. The second kappa shape index (κ2) is 5.00. The highest BCUT2D eigenvalue weighted by Crippen LogP contribution is 2.20. The molecule has 0 bridgehead atoms. The number of rotatable bonds is 4. The summed E-state index contributed by atoms with van der Waals surface area (Å²) in [7, 11) is 0. The molecule has 0 saturated heterocycles. The Morgan fingerprint density at radius 1 is 1.67 bits per heavy atom. The number of carboxylic acids is 1. The minimum atomic E-state index is -0.975. The zero-order valence-electron chi connectivity index (χ0n) is 8.33. The van der Waals surface area contributed by atoms with E-state index in [2.05, 4.69) is 5.32 Å². The standard InChI is InChI=1S/C10H13ClN2O2/c1-6-2-3-7(11)4-8(6)13-9(5-12)10(14)15/h2-4,9,13H,5,12H2,1H3,(H,14,15). The number of benzene rings is 1. The van der Waals surface area contributed by atoms with Gasteiger partial charge in [0.2, 0.25) is 0 Å². The van der Waals surface area contributed by atoms with Gasteiger partial charge >= 0.3 is 5.97 Å². The van der Waals surface area contributed by atoms with Gasteiger partial charge in [0, 0.05) is 17.3 Å². The van der Waals surface area contributed by atoms with Crippen molar-refractivity contribution in [2.45, 2.75) is 13.0 Å². The first kappa shape index (κ1) is 11.8. The summed E-state index contributed by atoms with van der Waals surface area (Å²) in [5, 5.41) is 12.2. The van der Waals surface area contributed by atoms with Crippen LogP contribution in [0.3, 0.4) is 0 Å². The van der Waals surface area contributed by atoms with E-state index in [9.17, 15) is 4.79 Å². The lowest BCUT2D eigenvalue weighted by Gasteiger charge is -2.15. The molecule has 0 aliphatic heterocycles. The maximum absolute atomic E-state index is 10.8. The number of anilines is 1. The molecule has 1 atom stereocenters. The van der Waals surface area contributed by atoms with Gasteiger partial charge in [-0.25, -0.2) is 4.79 Å². The molecule has 15 heavy (non-hydrogen) atoms. The number of aryl methyl sites for hydroxylation is 1. The number of carboxylic acid groups (broad SMARTS) is 1. The van der Waals surface area contributed by atoms with E-state index in [0.29, 0.717) is 10.7 Å². The van der Waals surface area contributed by atoms with Gasteiger partial charge in [-0.15, -0.1) is 0 Å². The van der Waals surface area contributed by atoms with E-state index < -0.39 is 12.0 Å². The Morgan fingerprint density at radius 3 is 2.87 bits per heavy atom. The van der Waals surface area contributed by atoms with Gasteiger partial charge in [0.1, 0.15) is 6.04 Å². The van der Waals surface area contributed by atoms with E-state index in [1.807, 2.05) is 13.0 Å². The van der Waals surface area contributed by atoms with E-state index >= 15 is 0 Å². The Labute approximate surface area is 93.0 Å². The number of hydrogen-bond acceptors (Lipinski definition) is 3. The Hall–Kier alpha value is -1.26.